The van der Waals surface area contributed by atoms with E-state index in [-0.39, 0.29) is 12.5 Å². The Balaban J connectivity index is 1.68. The molecule has 0 spiro atoms. The summed E-state index contributed by atoms with van der Waals surface area (Å²) >= 11 is 0. The minimum absolute atomic E-state index is 0.191. The van der Waals surface area contributed by atoms with Crippen LogP contribution in [0.2, 0.25) is 0 Å². The molecule has 1 heterocycles. The number of hydrogen-bond donors (Lipinski definition) is 1. The van der Waals surface area contributed by atoms with Gasteiger partial charge in [0.25, 0.3) is 5.91 Å². The number of hydrogen-bond acceptors (Lipinski definition) is 3. The van der Waals surface area contributed by atoms with E-state index in [9.17, 15) is 18.0 Å². The van der Waals surface area contributed by atoms with E-state index in [2.05, 4.69) is 10.3 Å². The highest BCUT2D eigenvalue weighted by Crippen LogP contribution is 2.32. The van der Waals surface area contributed by atoms with Crippen LogP contribution in [-0.4, -0.2) is 17.4 Å². The molecule has 3 aromatic rings. The third kappa shape index (κ3) is 4.42. The predicted molar refractivity (Wildman–Crippen MR) is 98.7 cm³/mol. The van der Waals surface area contributed by atoms with Gasteiger partial charge in [-0.15, -0.1) is 0 Å². The molecule has 0 aliphatic rings. The number of alkyl halides is 3. The van der Waals surface area contributed by atoms with E-state index in [4.69, 9.17) is 4.42 Å². The molecular formula is C21H19F3N2O2. The maximum absolute atomic E-state index is 12.9. The Bertz CT molecular complexity index is 947. The van der Waals surface area contributed by atoms with Gasteiger partial charge in [0.05, 0.1) is 11.8 Å². The van der Waals surface area contributed by atoms with E-state index < -0.39 is 17.2 Å². The van der Waals surface area contributed by atoms with Gasteiger partial charge in [-0.2, -0.15) is 13.2 Å². The third-order valence-electron chi connectivity index (χ3n) is 4.53. The first kappa shape index (κ1) is 19.7. The second kappa shape index (κ2) is 7.50. The van der Waals surface area contributed by atoms with E-state index >= 15 is 0 Å². The number of rotatable bonds is 5. The Labute approximate surface area is 160 Å². The average Bonchev–Trinajstić information content (AvgIpc) is 3.20. The fraction of sp³-hybridized carbons (Fsp3) is 0.238. The molecule has 0 fully saturated rings. The van der Waals surface area contributed by atoms with Gasteiger partial charge in [-0.05, 0) is 23.8 Å². The lowest BCUT2D eigenvalue weighted by Crippen LogP contribution is -2.36. The van der Waals surface area contributed by atoms with Crippen molar-refractivity contribution < 1.29 is 22.4 Å². The van der Waals surface area contributed by atoms with Crippen molar-refractivity contribution in [1.82, 2.24) is 10.3 Å². The number of nitrogens with zero attached hydrogens (tertiary/aromatic N) is 1. The second-order valence-electron chi connectivity index (χ2n) is 7.09. The zero-order valence-electron chi connectivity index (χ0n) is 15.4. The molecule has 0 aliphatic carbocycles. The van der Waals surface area contributed by atoms with Gasteiger partial charge >= 0.3 is 6.18 Å². The van der Waals surface area contributed by atoms with E-state index in [0.29, 0.717) is 16.9 Å². The summed E-state index contributed by atoms with van der Waals surface area (Å²) in [5.41, 5.74) is 0.369. The molecule has 146 valence electrons. The minimum Gasteiger partial charge on any atom is -0.444 e. The van der Waals surface area contributed by atoms with Crippen molar-refractivity contribution in [3.8, 4) is 11.3 Å². The smallest absolute Gasteiger partial charge is 0.416 e. The number of benzene rings is 2. The van der Waals surface area contributed by atoms with Crippen molar-refractivity contribution >= 4 is 5.91 Å². The molecule has 0 radical (unpaired) electrons. The van der Waals surface area contributed by atoms with Gasteiger partial charge in [-0.3, -0.25) is 4.79 Å². The lowest BCUT2D eigenvalue weighted by atomic mass is 9.83. The molecule has 4 nitrogen and oxygen atoms in total. The van der Waals surface area contributed by atoms with Crippen LogP contribution >= 0.6 is 0 Å². The molecule has 3 rings (SSSR count). The van der Waals surface area contributed by atoms with Gasteiger partial charge < -0.3 is 9.73 Å². The molecule has 0 aliphatic heterocycles. The highest BCUT2D eigenvalue weighted by atomic mass is 19.4. The number of halogens is 3. The summed E-state index contributed by atoms with van der Waals surface area (Å²) in [5.74, 6) is 0.293. The molecule has 1 amide bonds. The summed E-state index contributed by atoms with van der Waals surface area (Å²) in [7, 11) is 0. The van der Waals surface area contributed by atoms with Gasteiger partial charge in [-0.25, -0.2) is 4.98 Å². The van der Waals surface area contributed by atoms with Crippen molar-refractivity contribution in [1.29, 1.82) is 0 Å². The standard InChI is InChI=1S/C21H19F3N2O2/c1-20(2,16-4-3-5-17(10-16)21(22,23)24)12-26-19(27)15-8-6-14(7-9-15)18-11-25-13-28-18/h3-11,13H,12H2,1-2H3,(H,26,27). The van der Waals surface area contributed by atoms with Crippen LogP contribution in [-0.2, 0) is 11.6 Å². The summed E-state index contributed by atoms with van der Waals surface area (Å²) in [6.45, 7) is 3.77. The Kier molecular flexibility index (Phi) is 5.27. The van der Waals surface area contributed by atoms with Crippen LogP contribution in [0.5, 0.6) is 0 Å². The number of nitrogens with one attached hydrogen (secondary N) is 1. The number of amides is 1. The molecule has 0 saturated heterocycles. The second-order valence-corrected chi connectivity index (χ2v) is 7.09. The van der Waals surface area contributed by atoms with E-state index in [0.717, 1.165) is 17.7 Å². The van der Waals surface area contributed by atoms with Crippen molar-refractivity contribution in [2.45, 2.75) is 25.4 Å². The predicted octanol–water partition coefficient (Wildman–Crippen LogP) is 5.07. The van der Waals surface area contributed by atoms with Crippen LogP contribution in [0, 0.1) is 0 Å². The van der Waals surface area contributed by atoms with E-state index in [1.807, 2.05) is 0 Å². The Morgan fingerprint density at radius 3 is 2.36 bits per heavy atom. The maximum atomic E-state index is 12.9. The number of carbonyl (C=O) groups excluding carboxylic acids is 1. The zero-order chi connectivity index (χ0) is 20.4. The summed E-state index contributed by atoms with van der Waals surface area (Å²) in [5, 5.41) is 2.79. The van der Waals surface area contributed by atoms with Crippen LogP contribution in [0.1, 0.15) is 35.3 Å². The Hall–Kier alpha value is -3.09. The molecule has 1 N–H and O–H groups in total. The van der Waals surface area contributed by atoms with E-state index in [1.54, 1.807) is 50.4 Å². The summed E-state index contributed by atoms with van der Waals surface area (Å²) in [6, 6.07) is 12.0. The minimum atomic E-state index is -4.40. The van der Waals surface area contributed by atoms with Crippen LogP contribution in [0.25, 0.3) is 11.3 Å². The molecule has 2 aromatic carbocycles. The van der Waals surface area contributed by atoms with Crippen LogP contribution in [0.4, 0.5) is 13.2 Å². The average molecular weight is 388 g/mol. The largest absolute Gasteiger partial charge is 0.444 e. The summed E-state index contributed by atoms with van der Waals surface area (Å²) in [4.78, 5) is 16.3. The zero-order valence-corrected chi connectivity index (χ0v) is 15.4. The van der Waals surface area contributed by atoms with Gasteiger partial charge in [-0.1, -0.05) is 44.2 Å². The van der Waals surface area contributed by atoms with Gasteiger partial charge in [0.15, 0.2) is 12.2 Å². The molecule has 0 saturated carbocycles. The molecule has 0 bridgehead atoms. The van der Waals surface area contributed by atoms with Crippen molar-refractivity contribution in [2.24, 2.45) is 0 Å². The fourth-order valence-corrected chi connectivity index (χ4v) is 2.77. The molecule has 1 aromatic heterocycles. The molecule has 7 heteroatoms. The quantitative estimate of drug-likeness (QED) is 0.664. The number of carbonyl (C=O) groups is 1. The highest BCUT2D eigenvalue weighted by molar-refractivity contribution is 5.94. The fourth-order valence-electron chi connectivity index (χ4n) is 2.77. The summed E-state index contributed by atoms with van der Waals surface area (Å²) in [6.07, 6.45) is -1.50. The van der Waals surface area contributed by atoms with Crippen LogP contribution < -0.4 is 5.32 Å². The SMILES string of the molecule is CC(C)(CNC(=O)c1ccc(-c2cnco2)cc1)c1cccc(C(F)(F)F)c1. The van der Waals surface area contributed by atoms with Crippen LogP contribution in [0.15, 0.2) is 65.5 Å². The first-order chi connectivity index (χ1) is 13.2. The maximum Gasteiger partial charge on any atom is 0.416 e. The monoisotopic (exact) mass is 388 g/mol. The molecule has 28 heavy (non-hydrogen) atoms. The van der Waals surface area contributed by atoms with Crippen molar-refractivity contribution in [3.05, 3.63) is 77.8 Å². The normalized spacial score (nSPS) is 12.0. The molecule has 0 atom stereocenters. The first-order valence-electron chi connectivity index (χ1n) is 8.62. The molecule has 0 unspecified atom stereocenters. The van der Waals surface area contributed by atoms with Gasteiger partial charge in [0.2, 0.25) is 0 Å². The van der Waals surface area contributed by atoms with Gasteiger partial charge in [0.1, 0.15) is 0 Å². The van der Waals surface area contributed by atoms with Gasteiger partial charge in [0, 0.05) is 23.1 Å². The first-order valence-corrected chi connectivity index (χ1v) is 8.62. The van der Waals surface area contributed by atoms with Crippen molar-refractivity contribution in [2.75, 3.05) is 6.54 Å². The highest BCUT2D eigenvalue weighted by Gasteiger charge is 2.32. The number of aromatic nitrogens is 1. The Morgan fingerprint density at radius 1 is 1.07 bits per heavy atom. The lowest BCUT2D eigenvalue weighted by molar-refractivity contribution is -0.137. The number of oxazole rings is 1. The third-order valence-corrected chi connectivity index (χ3v) is 4.53. The van der Waals surface area contributed by atoms with E-state index in [1.165, 1.54) is 12.5 Å². The topological polar surface area (TPSA) is 55.1 Å². The molecular weight excluding hydrogens is 369 g/mol. The Morgan fingerprint density at radius 2 is 1.75 bits per heavy atom. The van der Waals surface area contributed by atoms with Crippen LogP contribution in [0.3, 0.4) is 0 Å². The summed E-state index contributed by atoms with van der Waals surface area (Å²) < 4.78 is 44.0. The van der Waals surface area contributed by atoms with Crippen molar-refractivity contribution in [3.63, 3.8) is 0 Å². The lowest BCUT2D eigenvalue weighted by Gasteiger charge is -2.26.